The number of H-pyrrole nitrogens is 1. The number of fused-ring (bicyclic) bond motifs is 4. The molecule has 2 aromatic heterocycles. The van der Waals surface area contributed by atoms with E-state index in [2.05, 4.69) is 9.97 Å². The number of nitrogens with one attached hydrogen (secondary N) is 1. The van der Waals surface area contributed by atoms with Crippen LogP contribution in [0, 0.1) is 12.7 Å². The van der Waals surface area contributed by atoms with Gasteiger partial charge < -0.3 is 10.7 Å². The summed E-state index contributed by atoms with van der Waals surface area (Å²) in [5.41, 5.74) is 11.4. The van der Waals surface area contributed by atoms with E-state index in [9.17, 15) is 22.4 Å². The molecule has 3 N–H and O–H groups in total. The minimum absolute atomic E-state index is 0.0214. The van der Waals surface area contributed by atoms with Crippen LogP contribution in [0.1, 0.15) is 16.7 Å². The lowest BCUT2D eigenvalue weighted by Gasteiger charge is -2.15. The van der Waals surface area contributed by atoms with E-state index in [0.29, 0.717) is 22.3 Å². The molecule has 6 aromatic rings. The Labute approximate surface area is 234 Å². The average Bonchev–Trinajstić information content (AvgIpc) is 3.28. The highest BCUT2D eigenvalue weighted by atomic mass is 32.2. The topological polar surface area (TPSA) is 128 Å². The number of rotatable bonds is 6. The van der Waals surface area contributed by atoms with Crippen LogP contribution in [0.4, 0.5) is 4.39 Å². The van der Waals surface area contributed by atoms with Gasteiger partial charge in [-0.25, -0.2) is 17.8 Å². The van der Waals surface area contributed by atoms with Crippen molar-refractivity contribution in [1.82, 2.24) is 14.5 Å². The number of sulfone groups is 1. The summed E-state index contributed by atoms with van der Waals surface area (Å²) in [7, 11) is -3.24. The first-order chi connectivity index (χ1) is 19.5. The Balaban J connectivity index is 1.59. The SMILES string of the molecule is Cc1c(-c2ccc(CC(N)=O)c3[nH]c4cc(CS(C)(=O)=O)ccc4c23)cccc1-n1cnc2ccc(F)cc2c1=O. The number of nitrogens with zero attached hydrogens (tertiary/aromatic N) is 2. The highest BCUT2D eigenvalue weighted by molar-refractivity contribution is 7.89. The van der Waals surface area contributed by atoms with E-state index < -0.39 is 21.6 Å². The Bertz CT molecular complexity index is 2220. The molecule has 0 aliphatic heterocycles. The summed E-state index contributed by atoms with van der Waals surface area (Å²) >= 11 is 0. The molecule has 0 atom stereocenters. The van der Waals surface area contributed by atoms with Crippen LogP contribution in [-0.4, -0.2) is 35.1 Å². The van der Waals surface area contributed by atoms with Gasteiger partial charge in [-0.3, -0.25) is 14.2 Å². The van der Waals surface area contributed by atoms with Gasteiger partial charge in [-0.05, 0) is 65.1 Å². The maximum Gasteiger partial charge on any atom is 0.265 e. The second kappa shape index (κ2) is 9.67. The van der Waals surface area contributed by atoms with Gasteiger partial charge in [0.15, 0.2) is 9.84 Å². The fourth-order valence-electron chi connectivity index (χ4n) is 5.51. The summed E-state index contributed by atoms with van der Waals surface area (Å²) in [5, 5.41) is 1.87. The van der Waals surface area contributed by atoms with Gasteiger partial charge in [-0.1, -0.05) is 36.4 Å². The molecule has 8 nitrogen and oxygen atoms in total. The molecule has 2 heterocycles. The molecule has 0 saturated heterocycles. The fourth-order valence-corrected chi connectivity index (χ4v) is 6.30. The van der Waals surface area contributed by atoms with Crippen LogP contribution in [0.25, 0.3) is 49.5 Å². The molecule has 0 aliphatic rings. The molecule has 1 amide bonds. The minimum atomic E-state index is -3.24. The van der Waals surface area contributed by atoms with Crippen LogP contribution >= 0.6 is 0 Å². The molecule has 0 radical (unpaired) electrons. The zero-order valence-corrected chi connectivity index (χ0v) is 23.0. The second-order valence-corrected chi connectivity index (χ2v) is 12.4. The first-order valence-electron chi connectivity index (χ1n) is 12.8. The normalized spacial score (nSPS) is 12.0. The molecule has 206 valence electrons. The lowest BCUT2D eigenvalue weighted by atomic mass is 9.92. The van der Waals surface area contributed by atoms with E-state index in [1.165, 1.54) is 35.3 Å². The number of hydrogen-bond donors (Lipinski definition) is 2. The van der Waals surface area contributed by atoms with Crippen LogP contribution in [0.5, 0.6) is 0 Å². The van der Waals surface area contributed by atoms with Gasteiger partial charge in [0.2, 0.25) is 5.91 Å². The van der Waals surface area contributed by atoms with Crippen molar-refractivity contribution in [3.8, 4) is 16.8 Å². The van der Waals surface area contributed by atoms with Gasteiger partial charge >= 0.3 is 0 Å². The maximum absolute atomic E-state index is 13.9. The van der Waals surface area contributed by atoms with Gasteiger partial charge in [0.1, 0.15) is 12.1 Å². The third-order valence-electron chi connectivity index (χ3n) is 7.27. The summed E-state index contributed by atoms with van der Waals surface area (Å²) in [5.74, 6) is -1.09. The molecule has 10 heteroatoms. The Kier molecular flexibility index (Phi) is 6.22. The minimum Gasteiger partial charge on any atom is -0.369 e. The largest absolute Gasteiger partial charge is 0.369 e. The lowest BCUT2D eigenvalue weighted by Crippen LogP contribution is -2.20. The number of aromatic nitrogens is 3. The summed E-state index contributed by atoms with van der Waals surface area (Å²) in [6.45, 7) is 1.90. The number of amides is 1. The summed E-state index contributed by atoms with van der Waals surface area (Å²) < 4.78 is 39.2. The molecule has 0 spiro atoms. The van der Waals surface area contributed by atoms with Crippen molar-refractivity contribution in [2.75, 3.05) is 6.26 Å². The third-order valence-corrected chi connectivity index (χ3v) is 8.13. The number of hydrogen-bond acceptors (Lipinski definition) is 5. The number of nitrogens with two attached hydrogens (primary N) is 1. The predicted molar refractivity (Wildman–Crippen MR) is 158 cm³/mol. The highest BCUT2D eigenvalue weighted by Crippen LogP contribution is 2.39. The zero-order chi connectivity index (χ0) is 29.1. The number of primary amides is 1. The van der Waals surface area contributed by atoms with Gasteiger partial charge in [0.25, 0.3) is 5.56 Å². The van der Waals surface area contributed by atoms with Crippen molar-refractivity contribution in [1.29, 1.82) is 0 Å². The van der Waals surface area contributed by atoms with E-state index >= 15 is 0 Å². The smallest absolute Gasteiger partial charge is 0.265 e. The molecule has 0 saturated carbocycles. The predicted octanol–water partition coefficient (Wildman–Crippen LogP) is 4.71. The second-order valence-electron chi connectivity index (χ2n) is 10.3. The van der Waals surface area contributed by atoms with E-state index in [4.69, 9.17) is 5.73 Å². The summed E-state index contributed by atoms with van der Waals surface area (Å²) in [6.07, 6.45) is 2.65. The van der Waals surface area contributed by atoms with Crippen molar-refractivity contribution in [2.45, 2.75) is 19.1 Å². The quantitative estimate of drug-likeness (QED) is 0.301. The average molecular weight is 569 g/mol. The fraction of sp³-hybridized carbons (Fsp3) is 0.129. The zero-order valence-electron chi connectivity index (χ0n) is 22.2. The van der Waals surface area contributed by atoms with E-state index in [0.717, 1.165) is 38.5 Å². The number of benzene rings is 4. The molecule has 0 aliphatic carbocycles. The Morgan fingerprint density at radius 3 is 2.59 bits per heavy atom. The lowest BCUT2D eigenvalue weighted by molar-refractivity contribution is -0.117. The highest BCUT2D eigenvalue weighted by Gasteiger charge is 2.19. The molecule has 4 aromatic carbocycles. The first-order valence-corrected chi connectivity index (χ1v) is 14.9. The number of carbonyl (C=O) groups excluding carboxylic acids is 1. The van der Waals surface area contributed by atoms with Gasteiger partial charge in [0.05, 0.1) is 34.3 Å². The molecular formula is C31H25FN4O4S. The van der Waals surface area contributed by atoms with Crippen LogP contribution in [0.15, 0.2) is 77.9 Å². The van der Waals surface area contributed by atoms with Crippen molar-refractivity contribution >= 4 is 48.5 Å². The molecular weight excluding hydrogens is 543 g/mol. The molecule has 6 rings (SSSR count). The third kappa shape index (κ3) is 4.76. The van der Waals surface area contributed by atoms with E-state index in [1.54, 1.807) is 18.2 Å². The van der Waals surface area contributed by atoms with Crippen molar-refractivity contribution in [2.24, 2.45) is 5.73 Å². The molecule has 0 fully saturated rings. The van der Waals surface area contributed by atoms with Crippen LogP contribution < -0.4 is 11.3 Å². The van der Waals surface area contributed by atoms with Crippen LogP contribution in [0.2, 0.25) is 0 Å². The van der Waals surface area contributed by atoms with E-state index in [-0.39, 0.29) is 23.1 Å². The van der Waals surface area contributed by atoms with Crippen LogP contribution in [-0.2, 0) is 26.8 Å². The molecule has 0 bridgehead atoms. The Hall–Kier alpha value is -4.83. The van der Waals surface area contributed by atoms with Crippen molar-refractivity contribution in [3.05, 3.63) is 106 Å². The first kappa shape index (κ1) is 26.4. The standard InChI is InChI=1S/C31H25FN4O4S/c1-17-21(4-3-5-27(17)36-16-34-25-11-8-20(32)14-24(25)31(36)38)22-10-7-19(13-28(33)37)30-29(22)23-9-6-18(12-26(23)35-30)15-41(2,39)40/h3-12,14,16,35H,13,15H2,1-2H3,(H2,33,37). The van der Waals surface area contributed by atoms with Crippen molar-refractivity contribution in [3.63, 3.8) is 0 Å². The van der Waals surface area contributed by atoms with Gasteiger partial charge in [-0.15, -0.1) is 0 Å². The number of carbonyl (C=O) groups is 1. The van der Waals surface area contributed by atoms with Crippen LogP contribution in [0.3, 0.4) is 0 Å². The Morgan fingerprint density at radius 2 is 1.83 bits per heavy atom. The monoisotopic (exact) mass is 568 g/mol. The maximum atomic E-state index is 13.9. The number of halogens is 1. The van der Waals surface area contributed by atoms with Crippen molar-refractivity contribution < 1.29 is 17.6 Å². The van der Waals surface area contributed by atoms with E-state index in [1.807, 2.05) is 37.3 Å². The summed E-state index contributed by atoms with van der Waals surface area (Å²) in [4.78, 5) is 33.0. The van der Waals surface area contributed by atoms with Gasteiger partial charge in [0, 0.05) is 22.5 Å². The number of aromatic amines is 1. The molecule has 41 heavy (non-hydrogen) atoms. The Morgan fingerprint density at radius 1 is 1.02 bits per heavy atom. The molecule has 0 unspecified atom stereocenters. The summed E-state index contributed by atoms with van der Waals surface area (Å²) in [6, 6.07) is 18.7. The van der Waals surface area contributed by atoms with Gasteiger partial charge in [-0.2, -0.15) is 0 Å².